The Bertz CT molecular complexity index is 932. The molecule has 0 saturated carbocycles. The molecule has 0 spiro atoms. The molecular formula is C21H22F3N3OS. The molecule has 1 aliphatic carbocycles. The van der Waals surface area contributed by atoms with Gasteiger partial charge in [-0.2, -0.15) is 13.2 Å². The molecule has 1 saturated heterocycles. The summed E-state index contributed by atoms with van der Waals surface area (Å²) in [4.78, 5) is 22.7. The number of hydrogen-bond donors (Lipinski definition) is 0. The number of nitrogens with zero attached hydrogens (tertiary/aromatic N) is 3. The van der Waals surface area contributed by atoms with Crippen LogP contribution in [0.4, 0.5) is 13.2 Å². The Kier molecular flexibility index (Phi) is 5.55. The number of carbonyl (C=O) groups excluding carboxylic acids is 1. The average molecular weight is 421 g/mol. The van der Waals surface area contributed by atoms with Crippen LogP contribution in [0.5, 0.6) is 0 Å². The highest BCUT2D eigenvalue weighted by atomic mass is 32.2. The van der Waals surface area contributed by atoms with Gasteiger partial charge in [0.1, 0.15) is 0 Å². The van der Waals surface area contributed by atoms with E-state index in [-0.39, 0.29) is 34.8 Å². The number of thioether (sulfide) groups is 1. The van der Waals surface area contributed by atoms with Crippen LogP contribution in [0.15, 0.2) is 29.4 Å². The Morgan fingerprint density at radius 2 is 2.00 bits per heavy atom. The summed E-state index contributed by atoms with van der Waals surface area (Å²) in [5.41, 5.74) is 1.32. The first-order chi connectivity index (χ1) is 13.8. The number of halogens is 3. The number of amides is 1. The molecule has 4 nitrogen and oxygen atoms in total. The van der Waals surface area contributed by atoms with Crippen molar-refractivity contribution in [3.63, 3.8) is 0 Å². The van der Waals surface area contributed by atoms with E-state index in [1.165, 1.54) is 0 Å². The minimum atomic E-state index is -4.56. The summed E-state index contributed by atoms with van der Waals surface area (Å²) in [5, 5.41) is 0.00536. The van der Waals surface area contributed by atoms with Crippen LogP contribution in [0.3, 0.4) is 0 Å². The van der Waals surface area contributed by atoms with Crippen LogP contribution >= 0.6 is 11.8 Å². The van der Waals surface area contributed by atoms with Crippen molar-refractivity contribution in [2.45, 2.75) is 56.4 Å². The molecule has 1 atom stereocenters. The number of alkyl halides is 3. The van der Waals surface area contributed by atoms with Crippen LogP contribution in [0.25, 0.3) is 11.3 Å². The second kappa shape index (κ2) is 7.97. The average Bonchev–Trinajstić information content (AvgIpc) is 2.71. The molecule has 154 valence electrons. The van der Waals surface area contributed by atoms with Gasteiger partial charge < -0.3 is 4.90 Å². The van der Waals surface area contributed by atoms with Crippen molar-refractivity contribution in [1.29, 1.82) is 0 Å². The Labute approximate surface area is 171 Å². The maximum Gasteiger partial charge on any atom is 0.433 e. The molecule has 0 bridgehead atoms. The van der Waals surface area contributed by atoms with Crippen molar-refractivity contribution in [2.24, 2.45) is 0 Å². The summed E-state index contributed by atoms with van der Waals surface area (Å²) in [7, 11) is 0. The van der Waals surface area contributed by atoms with E-state index >= 15 is 0 Å². The number of carbonyl (C=O) groups is 1. The van der Waals surface area contributed by atoms with Crippen LogP contribution in [0.1, 0.15) is 43.0 Å². The molecule has 1 aromatic carbocycles. The predicted molar refractivity (Wildman–Crippen MR) is 106 cm³/mol. The van der Waals surface area contributed by atoms with Gasteiger partial charge >= 0.3 is 6.18 Å². The lowest BCUT2D eigenvalue weighted by Crippen LogP contribution is -2.43. The minimum absolute atomic E-state index is 0.00536. The number of fused-ring (bicyclic) bond motifs is 3. The van der Waals surface area contributed by atoms with Gasteiger partial charge in [-0.15, -0.1) is 0 Å². The van der Waals surface area contributed by atoms with Crippen LogP contribution in [0, 0.1) is 0 Å². The molecule has 1 aliphatic heterocycles. The number of aryl methyl sites for hydroxylation is 1. The van der Waals surface area contributed by atoms with E-state index in [1.807, 2.05) is 24.0 Å². The van der Waals surface area contributed by atoms with Crippen molar-refractivity contribution >= 4 is 17.7 Å². The highest BCUT2D eigenvalue weighted by Crippen LogP contribution is 2.40. The Balaban J connectivity index is 1.64. The zero-order chi connectivity index (χ0) is 20.6. The van der Waals surface area contributed by atoms with E-state index in [9.17, 15) is 18.0 Å². The second-order valence-corrected chi connectivity index (χ2v) is 8.50. The smallest absolute Gasteiger partial charge is 0.339 e. The lowest BCUT2D eigenvalue weighted by molar-refractivity contribution is -0.142. The van der Waals surface area contributed by atoms with E-state index in [4.69, 9.17) is 0 Å². The third kappa shape index (κ3) is 4.13. The van der Waals surface area contributed by atoms with E-state index in [1.54, 1.807) is 12.1 Å². The molecule has 0 unspecified atom stereocenters. The normalized spacial score (nSPS) is 18.9. The highest BCUT2D eigenvalue weighted by molar-refractivity contribution is 7.99. The number of rotatable bonds is 3. The quantitative estimate of drug-likeness (QED) is 0.530. The van der Waals surface area contributed by atoms with Crippen LogP contribution in [-0.2, 0) is 23.8 Å². The molecule has 8 heteroatoms. The van der Waals surface area contributed by atoms with Crippen molar-refractivity contribution in [3.8, 4) is 11.3 Å². The number of hydrogen-bond acceptors (Lipinski definition) is 4. The second-order valence-electron chi connectivity index (χ2n) is 7.56. The lowest BCUT2D eigenvalue weighted by atomic mass is 9.88. The van der Waals surface area contributed by atoms with Crippen LogP contribution in [-0.4, -0.2) is 39.1 Å². The van der Waals surface area contributed by atoms with Crippen molar-refractivity contribution in [2.75, 3.05) is 12.3 Å². The van der Waals surface area contributed by atoms with Crippen molar-refractivity contribution in [1.82, 2.24) is 14.9 Å². The van der Waals surface area contributed by atoms with E-state index in [2.05, 4.69) is 9.97 Å². The number of likely N-dealkylation sites (tertiary alicyclic amines) is 1. The van der Waals surface area contributed by atoms with Gasteiger partial charge in [0.05, 0.1) is 11.4 Å². The third-order valence-corrected chi connectivity index (χ3v) is 6.45. The molecule has 4 rings (SSSR count). The Morgan fingerprint density at radius 1 is 1.21 bits per heavy atom. The maximum atomic E-state index is 13.7. The van der Waals surface area contributed by atoms with Gasteiger partial charge in [0.15, 0.2) is 10.9 Å². The van der Waals surface area contributed by atoms with Gasteiger partial charge in [-0.25, -0.2) is 9.97 Å². The number of benzene rings is 1. The molecule has 1 aromatic heterocycles. The summed E-state index contributed by atoms with van der Waals surface area (Å²) in [6.45, 7) is 2.71. The molecule has 1 fully saturated rings. The number of piperidine rings is 1. The molecule has 0 radical (unpaired) electrons. The topological polar surface area (TPSA) is 46.1 Å². The van der Waals surface area contributed by atoms with E-state index in [0.29, 0.717) is 18.7 Å². The fourth-order valence-corrected chi connectivity index (χ4v) is 4.86. The van der Waals surface area contributed by atoms with Crippen molar-refractivity contribution < 1.29 is 18.0 Å². The summed E-state index contributed by atoms with van der Waals surface area (Å²) in [6.07, 6.45) is -0.740. The molecule has 2 heterocycles. The molecule has 0 N–H and O–H groups in total. The van der Waals surface area contributed by atoms with Crippen LogP contribution < -0.4 is 0 Å². The van der Waals surface area contributed by atoms with Gasteiger partial charge in [0.25, 0.3) is 0 Å². The summed E-state index contributed by atoms with van der Waals surface area (Å²) >= 11 is 0.989. The zero-order valence-corrected chi connectivity index (χ0v) is 16.9. The summed E-state index contributed by atoms with van der Waals surface area (Å²) in [6, 6.07) is 7.57. The molecular weight excluding hydrogens is 399 g/mol. The Morgan fingerprint density at radius 3 is 2.76 bits per heavy atom. The SMILES string of the molecule is C[C@H]1CCCCN1C(=O)CSc1nc2c(c(C(F)(F)F)n1)CCc1ccccc1-2. The first kappa shape index (κ1) is 20.2. The predicted octanol–water partition coefficient (Wildman–Crippen LogP) is 4.75. The summed E-state index contributed by atoms with van der Waals surface area (Å²) < 4.78 is 41.1. The number of aromatic nitrogens is 2. The van der Waals surface area contributed by atoms with Crippen molar-refractivity contribution in [3.05, 3.63) is 41.1 Å². The molecule has 29 heavy (non-hydrogen) atoms. The first-order valence-electron chi connectivity index (χ1n) is 9.83. The summed E-state index contributed by atoms with van der Waals surface area (Å²) in [5.74, 6) is -0.0281. The highest BCUT2D eigenvalue weighted by Gasteiger charge is 2.39. The van der Waals surface area contributed by atoms with Crippen LogP contribution in [0.2, 0.25) is 0 Å². The van der Waals surface area contributed by atoms with E-state index in [0.717, 1.165) is 42.2 Å². The van der Waals surface area contributed by atoms with Gasteiger partial charge in [0, 0.05) is 23.7 Å². The standard InChI is InChI=1S/C21H22F3N3OS/c1-13-6-4-5-11-27(13)17(28)12-29-20-25-18-15-8-3-2-7-14(15)9-10-16(18)19(26-20)21(22,23)24/h2-3,7-8,13H,4-6,9-12H2,1H3/t13-/m0/s1. The fourth-order valence-electron chi connectivity index (χ4n) is 4.13. The third-order valence-electron chi connectivity index (χ3n) is 5.62. The Hall–Kier alpha value is -2.09. The zero-order valence-electron chi connectivity index (χ0n) is 16.1. The molecule has 2 aromatic rings. The fraction of sp³-hybridized carbons (Fsp3) is 0.476. The van der Waals surface area contributed by atoms with Gasteiger partial charge in [0.2, 0.25) is 5.91 Å². The molecule has 1 amide bonds. The van der Waals surface area contributed by atoms with E-state index < -0.39 is 11.9 Å². The van der Waals surface area contributed by atoms with Gasteiger partial charge in [-0.1, -0.05) is 36.0 Å². The van der Waals surface area contributed by atoms with Gasteiger partial charge in [-0.3, -0.25) is 4.79 Å². The lowest BCUT2D eigenvalue weighted by Gasteiger charge is -2.33. The monoisotopic (exact) mass is 421 g/mol. The molecule has 2 aliphatic rings. The first-order valence-corrected chi connectivity index (χ1v) is 10.8. The minimum Gasteiger partial charge on any atom is -0.339 e. The maximum absolute atomic E-state index is 13.7. The largest absolute Gasteiger partial charge is 0.433 e. The van der Waals surface area contributed by atoms with Gasteiger partial charge in [-0.05, 0) is 44.6 Å².